The van der Waals surface area contributed by atoms with Crippen molar-refractivity contribution in [2.24, 2.45) is 5.10 Å². The highest BCUT2D eigenvalue weighted by Gasteiger charge is 2.32. The largest absolute Gasteiger partial charge is 0.350 e. The van der Waals surface area contributed by atoms with E-state index in [1.54, 1.807) is 22.9 Å². The highest BCUT2D eigenvalue weighted by atomic mass is 79.9. The van der Waals surface area contributed by atoms with Crippen molar-refractivity contribution < 1.29 is 4.79 Å². The number of nitrogens with zero attached hydrogens (tertiary/aromatic N) is 4. The fourth-order valence-electron chi connectivity index (χ4n) is 2.94. The number of aromatic nitrogens is 1. The Labute approximate surface area is 176 Å². The van der Waals surface area contributed by atoms with Crippen molar-refractivity contribution >= 4 is 50.8 Å². The molecular weight excluding hydrogens is 436 g/mol. The maximum atomic E-state index is 13.3. The number of hydrogen-bond acceptors (Lipinski definition) is 4. The van der Waals surface area contributed by atoms with Gasteiger partial charge in [-0.1, -0.05) is 18.2 Å². The van der Waals surface area contributed by atoms with Crippen LogP contribution in [0.5, 0.6) is 0 Å². The van der Waals surface area contributed by atoms with Gasteiger partial charge in [0.05, 0.1) is 17.9 Å². The van der Waals surface area contributed by atoms with E-state index in [1.165, 1.54) is 5.01 Å². The van der Waals surface area contributed by atoms with Crippen molar-refractivity contribution in [1.29, 1.82) is 0 Å². The lowest BCUT2D eigenvalue weighted by molar-refractivity contribution is 0.251. The van der Waals surface area contributed by atoms with Gasteiger partial charge in [0.25, 0.3) is 0 Å². The lowest BCUT2D eigenvalue weighted by Gasteiger charge is -2.33. The van der Waals surface area contributed by atoms with E-state index in [4.69, 9.17) is 0 Å². The van der Waals surface area contributed by atoms with E-state index < -0.39 is 0 Å². The van der Waals surface area contributed by atoms with Crippen LogP contribution >= 0.6 is 27.7 Å². The van der Waals surface area contributed by atoms with Crippen molar-refractivity contribution in [3.8, 4) is 0 Å². The summed E-state index contributed by atoms with van der Waals surface area (Å²) in [5.74, 6) is 0. The second-order valence-electron chi connectivity index (χ2n) is 6.09. The number of hydrogen-bond donors (Lipinski definition) is 0. The van der Waals surface area contributed by atoms with Crippen LogP contribution in [0.25, 0.3) is 0 Å². The number of benzene rings is 2. The van der Waals surface area contributed by atoms with Crippen LogP contribution in [0.2, 0.25) is 0 Å². The number of carbonyl (C=O) groups is 1. The number of anilines is 2. The lowest BCUT2D eigenvalue weighted by atomic mass is 10.2. The van der Waals surface area contributed by atoms with Crippen LogP contribution in [0.1, 0.15) is 5.69 Å². The van der Waals surface area contributed by atoms with Crippen LogP contribution in [-0.2, 0) is 0 Å². The highest BCUT2D eigenvalue weighted by Crippen LogP contribution is 2.31. The van der Waals surface area contributed by atoms with Gasteiger partial charge in [-0.25, -0.2) is 4.79 Å². The molecule has 4 rings (SSSR count). The predicted octanol–water partition coefficient (Wildman–Crippen LogP) is 5.42. The molecule has 0 N–H and O–H groups in total. The molecule has 0 bridgehead atoms. The molecule has 1 aliphatic heterocycles. The minimum atomic E-state index is -0.205. The van der Waals surface area contributed by atoms with E-state index in [1.807, 2.05) is 73.0 Å². The smallest absolute Gasteiger partial charge is 0.286 e. The van der Waals surface area contributed by atoms with Crippen molar-refractivity contribution in [2.45, 2.75) is 4.90 Å². The van der Waals surface area contributed by atoms with Gasteiger partial charge in [0.15, 0.2) is 0 Å². The maximum Gasteiger partial charge on any atom is 0.350 e. The summed E-state index contributed by atoms with van der Waals surface area (Å²) >= 11 is 5.20. The van der Waals surface area contributed by atoms with E-state index >= 15 is 0 Å². The van der Waals surface area contributed by atoms with Crippen LogP contribution in [0, 0.1) is 0 Å². The molecule has 140 valence electrons. The summed E-state index contributed by atoms with van der Waals surface area (Å²) in [7, 11) is 0. The van der Waals surface area contributed by atoms with Gasteiger partial charge in [-0.3, -0.25) is 9.88 Å². The normalized spacial score (nSPS) is 14.2. The van der Waals surface area contributed by atoms with Gasteiger partial charge in [0.2, 0.25) is 0 Å². The van der Waals surface area contributed by atoms with Crippen molar-refractivity contribution in [3.63, 3.8) is 0 Å². The molecule has 0 fully saturated rings. The first kappa shape index (κ1) is 18.7. The summed E-state index contributed by atoms with van der Waals surface area (Å²) in [5, 5.41) is 6.07. The lowest BCUT2D eigenvalue weighted by Crippen LogP contribution is -2.49. The van der Waals surface area contributed by atoms with Crippen molar-refractivity contribution in [1.82, 2.24) is 4.98 Å². The van der Waals surface area contributed by atoms with Gasteiger partial charge in [0, 0.05) is 21.3 Å². The minimum absolute atomic E-state index is 0.205. The zero-order valence-electron chi connectivity index (χ0n) is 15.1. The van der Waals surface area contributed by atoms with Gasteiger partial charge < -0.3 is 0 Å². The number of thioether (sulfide) groups is 1. The van der Waals surface area contributed by atoms with E-state index in [0.717, 1.165) is 26.5 Å². The number of halogens is 1. The van der Waals surface area contributed by atoms with Crippen LogP contribution in [0.4, 0.5) is 16.2 Å². The summed E-state index contributed by atoms with van der Waals surface area (Å²) in [5.41, 5.74) is 2.98. The number of urea groups is 1. The predicted molar refractivity (Wildman–Crippen MR) is 118 cm³/mol. The summed E-state index contributed by atoms with van der Waals surface area (Å²) < 4.78 is 0.798. The van der Waals surface area contributed by atoms with Crippen LogP contribution < -0.4 is 9.91 Å². The maximum absolute atomic E-state index is 13.3. The molecule has 0 radical (unpaired) electrons. The Morgan fingerprint density at radius 3 is 2.43 bits per heavy atom. The third kappa shape index (κ3) is 3.68. The van der Waals surface area contributed by atoms with Gasteiger partial charge >= 0.3 is 6.03 Å². The Morgan fingerprint density at radius 1 is 1.00 bits per heavy atom. The average Bonchev–Trinajstić information content (AvgIpc) is 2.75. The number of para-hydroxylation sites is 1. The van der Waals surface area contributed by atoms with Crippen LogP contribution in [-0.4, -0.2) is 29.5 Å². The first-order chi connectivity index (χ1) is 13.7. The third-order valence-corrected chi connectivity index (χ3v) is 5.78. The molecule has 28 heavy (non-hydrogen) atoms. The Balaban J connectivity index is 1.80. The average molecular weight is 453 g/mol. The molecule has 0 saturated carbocycles. The number of pyridine rings is 1. The molecule has 2 amide bonds. The Morgan fingerprint density at radius 2 is 1.75 bits per heavy atom. The van der Waals surface area contributed by atoms with Gasteiger partial charge in [0.1, 0.15) is 5.71 Å². The van der Waals surface area contributed by atoms with Gasteiger partial charge in [-0.2, -0.15) is 10.1 Å². The first-order valence-electron chi connectivity index (χ1n) is 8.66. The number of rotatable bonds is 4. The topological polar surface area (TPSA) is 48.8 Å². The van der Waals surface area contributed by atoms with Crippen molar-refractivity contribution in [3.05, 3.63) is 83.1 Å². The molecule has 0 spiro atoms. The third-order valence-electron chi connectivity index (χ3n) is 4.37. The molecule has 0 atom stereocenters. The number of carbonyl (C=O) groups excluding carboxylic acids is 1. The zero-order valence-corrected chi connectivity index (χ0v) is 17.5. The standard InChI is InChI=1S/C21H17BrN4OS/c1-28-16-11-9-15(10-12-16)25-14-19(18-7-4-5-13-23-18)24-26(21(25)27)20-8-3-2-6-17(20)22/h2-13H,14H2,1H3. The number of amides is 2. The van der Waals surface area contributed by atoms with Gasteiger partial charge in [-0.15, -0.1) is 11.8 Å². The molecule has 2 aromatic carbocycles. The first-order valence-corrected chi connectivity index (χ1v) is 10.7. The van der Waals surface area contributed by atoms with Crippen molar-refractivity contribution in [2.75, 3.05) is 22.7 Å². The minimum Gasteiger partial charge on any atom is -0.286 e. The van der Waals surface area contributed by atoms with E-state index in [2.05, 4.69) is 26.0 Å². The molecule has 2 heterocycles. The molecule has 0 aliphatic carbocycles. The summed E-state index contributed by atoms with van der Waals surface area (Å²) in [6.07, 6.45) is 3.76. The number of hydrazone groups is 1. The van der Waals surface area contributed by atoms with E-state index in [9.17, 15) is 4.79 Å². The molecular formula is C21H17BrN4OS. The molecule has 0 unspecified atom stereocenters. The zero-order chi connectivity index (χ0) is 19.5. The fourth-order valence-corrected chi connectivity index (χ4v) is 3.80. The Bertz CT molecular complexity index is 1020. The molecule has 7 heteroatoms. The molecule has 5 nitrogen and oxygen atoms in total. The molecule has 1 aliphatic rings. The monoisotopic (exact) mass is 452 g/mol. The van der Waals surface area contributed by atoms with Crippen LogP contribution in [0.15, 0.2) is 87.4 Å². The Hall–Kier alpha value is -2.64. The summed E-state index contributed by atoms with van der Waals surface area (Å²) in [6.45, 7) is 0.357. The van der Waals surface area contributed by atoms with E-state index in [0.29, 0.717) is 12.2 Å². The molecule has 1 aromatic heterocycles. The summed E-state index contributed by atoms with van der Waals surface area (Å²) in [4.78, 5) is 20.6. The summed E-state index contributed by atoms with van der Waals surface area (Å²) in [6, 6.07) is 21.0. The molecule has 0 saturated heterocycles. The highest BCUT2D eigenvalue weighted by molar-refractivity contribution is 9.10. The van der Waals surface area contributed by atoms with E-state index in [-0.39, 0.29) is 6.03 Å². The SMILES string of the molecule is CSc1ccc(N2CC(c3ccccn3)=NN(c3ccccc3Br)C2=O)cc1. The van der Waals surface area contributed by atoms with Gasteiger partial charge in [-0.05, 0) is 70.7 Å². The molecule has 3 aromatic rings. The quantitative estimate of drug-likeness (QED) is 0.496. The van der Waals surface area contributed by atoms with Crippen LogP contribution in [0.3, 0.4) is 0 Å². The second-order valence-corrected chi connectivity index (χ2v) is 7.83. The Kier molecular flexibility index (Phi) is 5.45. The fraction of sp³-hybridized carbons (Fsp3) is 0.0952. The second kappa shape index (κ2) is 8.16.